The zero-order valence-corrected chi connectivity index (χ0v) is 15.7. The molecule has 132 valence electrons. The number of nitrogens with zero attached hydrogens (tertiary/aromatic N) is 2. The van der Waals surface area contributed by atoms with Gasteiger partial charge in [-0.1, -0.05) is 77.0 Å². The van der Waals surface area contributed by atoms with Gasteiger partial charge >= 0.3 is 0 Å². The molecule has 1 aromatic carbocycles. The highest BCUT2D eigenvalue weighted by Gasteiger charge is 2.09. The van der Waals surface area contributed by atoms with Crippen molar-refractivity contribution in [3.63, 3.8) is 0 Å². The van der Waals surface area contributed by atoms with Crippen molar-refractivity contribution in [3.05, 3.63) is 48.5 Å². The predicted molar refractivity (Wildman–Crippen MR) is 103 cm³/mol. The Hall–Kier alpha value is -1.57. The van der Waals surface area contributed by atoms with E-state index in [0.717, 1.165) is 13.0 Å². The summed E-state index contributed by atoms with van der Waals surface area (Å²) >= 11 is 0. The normalized spacial score (nSPS) is 11.1. The lowest BCUT2D eigenvalue weighted by molar-refractivity contribution is -0.595. The average molecular weight is 328 g/mol. The number of unbranched alkanes of at least 4 members (excludes halogenated alkanes) is 8. The van der Waals surface area contributed by atoms with Gasteiger partial charge in [0.05, 0.1) is 6.54 Å². The lowest BCUT2D eigenvalue weighted by Crippen LogP contribution is -2.29. The van der Waals surface area contributed by atoms with Gasteiger partial charge < -0.3 is 0 Å². The first-order valence-electron chi connectivity index (χ1n) is 10.0. The van der Waals surface area contributed by atoms with Crippen LogP contribution in [0.25, 0.3) is 5.69 Å². The fraction of sp³-hybridized carbons (Fsp3) is 0.591. The van der Waals surface area contributed by atoms with E-state index >= 15 is 0 Å². The molecule has 0 spiro atoms. The maximum Gasteiger partial charge on any atom is 0.248 e. The minimum Gasteiger partial charge on any atom is -0.236 e. The highest BCUT2D eigenvalue weighted by molar-refractivity contribution is 5.33. The monoisotopic (exact) mass is 327 g/mol. The summed E-state index contributed by atoms with van der Waals surface area (Å²) in [6.07, 6.45) is 20.2. The Kier molecular flexibility index (Phi) is 8.65. The van der Waals surface area contributed by atoms with E-state index < -0.39 is 0 Å². The first-order chi connectivity index (χ1) is 11.8. The van der Waals surface area contributed by atoms with Gasteiger partial charge in [-0.25, -0.2) is 9.13 Å². The zero-order valence-electron chi connectivity index (χ0n) is 15.7. The van der Waals surface area contributed by atoms with Crippen LogP contribution >= 0.6 is 0 Å². The first-order valence-corrected chi connectivity index (χ1v) is 10.0. The van der Waals surface area contributed by atoms with Gasteiger partial charge in [0, 0.05) is 0 Å². The second-order valence-corrected chi connectivity index (χ2v) is 6.87. The van der Waals surface area contributed by atoms with E-state index in [1.807, 2.05) is 0 Å². The van der Waals surface area contributed by atoms with E-state index in [-0.39, 0.29) is 0 Å². The summed E-state index contributed by atoms with van der Waals surface area (Å²) in [4.78, 5) is 0. The van der Waals surface area contributed by atoms with Gasteiger partial charge in [0.1, 0.15) is 18.1 Å². The summed E-state index contributed by atoms with van der Waals surface area (Å²) in [6.45, 7) is 5.64. The summed E-state index contributed by atoms with van der Waals surface area (Å²) in [6, 6.07) is 8.68. The number of hydrogen-bond acceptors (Lipinski definition) is 0. The maximum absolute atomic E-state index is 2.33. The van der Waals surface area contributed by atoms with Gasteiger partial charge in [0.2, 0.25) is 6.33 Å². The molecule has 2 nitrogen and oxygen atoms in total. The number of aromatic nitrogens is 2. The molecule has 0 fully saturated rings. The lowest BCUT2D eigenvalue weighted by Gasteiger charge is -2.02. The molecule has 2 heteroatoms. The van der Waals surface area contributed by atoms with E-state index in [2.05, 4.69) is 66.0 Å². The van der Waals surface area contributed by atoms with E-state index in [0.29, 0.717) is 0 Å². The summed E-state index contributed by atoms with van der Waals surface area (Å²) in [5.41, 5.74) is 2.72. The van der Waals surface area contributed by atoms with Crippen LogP contribution in [-0.2, 0) is 13.0 Å². The quantitative estimate of drug-likeness (QED) is 0.341. The van der Waals surface area contributed by atoms with E-state index in [9.17, 15) is 0 Å². The van der Waals surface area contributed by atoms with Crippen LogP contribution in [0.1, 0.15) is 77.2 Å². The van der Waals surface area contributed by atoms with Crippen LogP contribution in [0.15, 0.2) is 43.0 Å². The van der Waals surface area contributed by atoms with Gasteiger partial charge in [-0.2, -0.15) is 0 Å². The van der Waals surface area contributed by atoms with Crippen molar-refractivity contribution in [1.29, 1.82) is 0 Å². The molecule has 0 unspecified atom stereocenters. The molecule has 0 aliphatic heterocycles. The molecule has 0 radical (unpaired) electrons. The molecule has 24 heavy (non-hydrogen) atoms. The molecule has 0 saturated heterocycles. The Morgan fingerprint density at radius 2 is 1.50 bits per heavy atom. The van der Waals surface area contributed by atoms with Gasteiger partial charge in [-0.3, -0.25) is 0 Å². The van der Waals surface area contributed by atoms with Crippen molar-refractivity contribution >= 4 is 0 Å². The van der Waals surface area contributed by atoms with E-state index in [1.54, 1.807) is 0 Å². The van der Waals surface area contributed by atoms with Crippen molar-refractivity contribution in [3.8, 4) is 5.69 Å². The van der Waals surface area contributed by atoms with Gasteiger partial charge in [0.15, 0.2) is 0 Å². The molecule has 0 atom stereocenters. The number of para-hydroxylation sites is 1. The number of benzene rings is 1. The van der Waals surface area contributed by atoms with E-state index in [4.69, 9.17) is 0 Å². The third kappa shape index (κ3) is 6.14. The lowest BCUT2D eigenvalue weighted by atomic mass is 10.1. The van der Waals surface area contributed by atoms with Crippen molar-refractivity contribution in [2.75, 3.05) is 0 Å². The largest absolute Gasteiger partial charge is 0.248 e. The summed E-state index contributed by atoms with van der Waals surface area (Å²) in [5, 5.41) is 0. The van der Waals surface area contributed by atoms with Gasteiger partial charge in [0.25, 0.3) is 0 Å². The zero-order chi connectivity index (χ0) is 17.0. The van der Waals surface area contributed by atoms with Crippen LogP contribution in [0.2, 0.25) is 0 Å². The minimum atomic E-state index is 1.08. The van der Waals surface area contributed by atoms with Gasteiger partial charge in [-0.15, -0.1) is 0 Å². The topological polar surface area (TPSA) is 8.81 Å². The van der Waals surface area contributed by atoms with Crippen LogP contribution in [0.5, 0.6) is 0 Å². The molecule has 0 aliphatic carbocycles. The molecule has 0 saturated carbocycles. The van der Waals surface area contributed by atoms with Crippen LogP contribution in [0.3, 0.4) is 0 Å². The Labute approximate surface area is 148 Å². The summed E-state index contributed by atoms with van der Waals surface area (Å²) in [7, 11) is 0. The number of imidazole rings is 1. The predicted octanol–water partition coefficient (Wildman–Crippen LogP) is 5.86. The molecule has 1 aromatic heterocycles. The average Bonchev–Trinajstić information content (AvgIpc) is 3.09. The van der Waals surface area contributed by atoms with E-state index in [1.165, 1.54) is 69.0 Å². The SMILES string of the molecule is CCCCCCCCCCCn1cc[n+](-c2ccccc2CC)c1. The molecule has 2 rings (SSSR count). The molecular formula is C22H35N2+. The fourth-order valence-corrected chi connectivity index (χ4v) is 3.34. The van der Waals surface area contributed by atoms with Gasteiger partial charge in [-0.05, 0) is 30.9 Å². The Balaban J connectivity index is 1.67. The highest BCUT2D eigenvalue weighted by Crippen LogP contribution is 2.11. The van der Waals surface area contributed by atoms with Crippen molar-refractivity contribution in [1.82, 2.24) is 4.57 Å². The molecule has 0 aliphatic rings. The van der Waals surface area contributed by atoms with Crippen LogP contribution in [0.4, 0.5) is 0 Å². The fourth-order valence-electron chi connectivity index (χ4n) is 3.34. The van der Waals surface area contributed by atoms with Crippen LogP contribution in [0, 0.1) is 0 Å². The number of aryl methyl sites for hydroxylation is 2. The number of rotatable bonds is 12. The molecule has 2 aromatic rings. The Morgan fingerprint density at radius 1 is 0.833 bits per heavy atom. The molecule has 1 heterocycles. The van der Waals surface area contributed by atoms with Crippen LogP contribution < -0.4 is 4.57 Å². The van der Waals surface area contributed by atoms with Crippen molar-refractivity contribution in [2.45, 2.75) is 84.6 Å². The second kappa shape index (κ2) is 11.1. The summed E-state index contributed by atoms with van der Waals surface area (Å²) in [5.74, 6) is 0. The number of hydrogen-bond donors (Lipinski definition) is 0. The highest BCUT2D eigenvalue weighted by atomic mass is 15.1. The Bertz CT molecular complexity index is 571. The standard InChI is InChI=1S/C22H35N2/c1-3-5-6-7-8-9-10-11-14-17-23-18-19-24(20-23)22-16-13-12-15-21(22)4-2/h12-13,15-16,18-20H,3-11,14,17H2,1-2H3/q+1. The third-order valence-electron chi connectivity index (χ3n) is 4.86. The molecule has 0 bridgehead atoms. The van der Waals surface area contributed by atoms with Crippen LogP contribution in [-0.4, -0.2) is 4.57 Å². The maximum atomic E-state index is 2.33. The second-order valence-electron chi connectivity index (χ2n) is 6.87. The van der Waals surface area contributed by atoms with Crippen molar-refractivity contribution in [2.24, 2.45) is 0 Å². The molecular weight excluding hydrogens is 292 g/mol. The first kappa shape index (κ1) is 18.8. The minimum absolute atomic E-state index is 1.08. The molecule has 0 N–H and O–H groups in total. The smallest absolute Gasteiger partial charge is 0.236 e. The summed E-state index contributed by atoms with van der Waals surface area (Å²) < 4.78 is 4.58. The Morgan fingerprint density at radius 3 is 2.21 bits per heavy atom. The van der Waals surface area contributed by atoms with Crippen molar-refractivity contribution < 1.29 is 4.57 Å². The third-order valence-corrected chi connectivity index (χ3v) is 4.86. The molecule has 0 amide bonds.